The smallest absolute Gasteiger partial charge is 0.422 e. The lowest BCUT2D eigenvalue weighted by molar-refractivity contribution is -0.125. The first-order chi connectivity index (χ1) is 13.5. The second kappa shape index (κ2) is 8.54. The normalized spacial score (nSPS) is 20.3. The fourth-order valence-electron chi connectivity index (χ4n) is 3.99. The van der Waals surface area contributed by atoms with E-state index >= 15 is 0 Å². The number of cyclic esters (lactones) is 1. The highest BCUT2D eigenvalue weighted by Gasteiger charge is 2.42. The van der Waals surface area contributed by atoms with Crippen molar-refractivity contribution in [2.24, 2.45) is 5.92 Å². The zero-order valence-electron chi connectivity index (χ0n) is 16.8. The van der Waals surface area contributed by atoms with Gasteiger partial charge in [0.15, 0.2) is 17.3 Å². The van der Waals surface area contributed by atoms with Gasteiger partial charge in [0.1, 0.15) is 0 Å². The molecular formula is C21H27NO6. The Morgan fingerprint density at radius 2 is 1.64 bits per heavy atom. The minimum Gasteiger partial charge on any atom is -0.493 e. The molecule has 1 aromatic carbocycles. The fraction of sp³-hybridized carbons (Fsp3) is 0.524. The van der Waals surface area contributed by atoms with Crippen molar-refractivity contribution in [2.75, 3.05) is 21.3 Å². The molecule has 7 nitrogen and oxygen atoms in total. The third-order valence-electron chi connectivity index (χ3n) is 5.55. The lowest BCUT2D eigenvalue weighted by atomic mass is 9.84. The number of carbonyl (C=O) groups excluding carboxylic acids is 2. The minimum atomic E-state index is -0.609. The summed E-state index contributed by atoms with van der Waals surface area (Å²) in [7, 11) is 4.55. The zero-order valence-corrected chi connectivity index (χ0v) is 16.8. The molecule has 1 unspecified atom stereocenters. The van der Waals surface area contributed by atoms with E-state index in [1.165, 1.54) is 38.7 Å². The van der Waals surface area contributed by atoms with E-state index < -0.39 is 12.0 Å². The topological polar surface area (TPSA) is 74.3 Å². The van der Waals surface area contributed by atoms with Gasteiger partial charge in [-0.15, -0.1) is 0 Å². The quantitative estimate of drug-likeness (QED) is 0.685. The molecule has 0 radical (unpaired) electrons. The molecule has 1 saturated carbocycles. The van der Waals surface area contributed by atoms with E-state index in [1.54, 1.807) is 12.1 Å². The molecule has 1 aliphatic heterocycles. The van der Waals surface area contributed by atoms with E-state index in [9.17, 15) is 9.59 Å². The van der Waals surface area contributed by atoms with Crippen molar-refractivity contribution in [3.8, 4) is 17.2 Å². The van der Waals surface area contributed by atoms with Gasteiger partial charge in [0.2, 0.25) is 5.75 Å². The highest BCUT2D eigenvalue weighted by atomic mass is 16.6. The van der Waals surface area contributed by atoms with Crippen LogP contribution < -0.4 is 14.2 Å². The Bertz CT molecular complexity index is 756. The van der Waals surface area contributed by atoms with Crippen molar-refractivity contribution < 1.29 is 28.5 Å². The first-order valence-electron chi connectivity index (χ1n) is 9.57. The number of rotatable bonds is 6. The number of amides is 2. The summed E-state index contributed by atoms with van der Waals surface area (Å²) in [4.78, 5) is 26.5. The standard InChI is InChI=1S/C21H27NO6/c1-13(15-8-6-5-7-9-15)22-20(23)18(28-21(22)24)12-14-10-16(25-2)19(27-4)17(11-14)26-3/h10-13,15H,5-9H2,1-4H3/b18-12+. The summed E-state index contributed by atoms with van der Waals surface area (Å²) < 4.78 is 21.3. The minimum absolute atomic E-state index is 0.00179. The van der Waals surface area contributed by atoms with Crippen LogP contribution >= 0.6 is 0 Å². The highest BCUT2D eigenvalue weighted by molar-refractivity contribution is 6.10. The molecule has 7 heteroatoms. The van der Waals surface area contributed by atoms with E-state index in [2.05, 4.69) is 0 Å². The summed E-state index contributed by atoms with van der Waals surface area (Å²) in [5.74, 6) is 1.29. The molecule has 1 aliphatic carbocycles. The molecule has 0 spiro atoms. The molecule has 1 aromatic rings. The van der Waals surface area contributed by atoms with Crippen LogP contribution in [0.1, 0.15) is 44.6 Å². The summed E-state index contributed by atoms with van der Waals surface area (Å²) in [6.45, 7) is 1.93. The van der Waals surface area contributed by atoms with Gasteiger partial charge < -0.3 is 18.9 Å². The van der Waals surface area contributed by atoms with E-state index in [4.69, 9.17) is 18.9 Å². The van der Waals surface area contributed by atoms with E-state index in [1.807, 2.05) is 6.92 Å². The lowest BCUT2D eigenvalue weighted by Crippen LogP contribution is -2.42. The molecule has 1 heterocycles. The second-order valence-corrected chi connectivity index (χ2v) is 7.15. The van der Waals surface area contributed by atoms with Gasteiger partial charge in [0.25, 0.3) is 5.91 Å². The number of ether oxygens (including phenoxy) is 4. The summed E-state index contributed by atoms with van der Waals surface area (Å²) in [5, 5.41) is 0. The van der Waals surface area contributed by atoms with Gasteiger partial charge >= 0.3 is 6.09 Å². The van der Waals surface area contributed by atoms with Crippen LogP contribution in [0.4, 0.5) is 4.79 Å². The number of methoxy groups -OCH3 is 3. The van der Waals surface area contributed by atoms with Gasteiger partial charge in [-0.2, -0.15) is 0 Å². The molecule has 2 amide bonds. The molecule has 28 heavy (non-hydrogen) atoms. The Hall–Kier alpha value is -2.70. The Kier molecular flexibility index (Phi) is 6.11. The summed E-state index contributed by atoms with van der Waals surface area (Å²) in [6.07, 6.45) is 6.47. The van der Waals surface area contributed by atoms with Gasteiger partial charge in [0.05, 0.1) is 21.3 Å². The van der Waals surface area contributed by atoms with Crippen LogP contribution in [0.3, 0.4) is 0 Å². The van der Waals surface area contributed by atoms with Crippen LogP contribution in [0.25, 0.3) is 6.08 Å². The molecule has 1 atom stereocenters. The summed E-state index contributed by atoms with van der Waals surface area (Å²) in [6, 6.07) is 3.22. The monoisotopic (exact) mass is 389 g/mol. The van der Waals surface area contributed by atoms with Crippen LogP contribution in [0.15, 0.2) is 17.9 Å². The Morgan fingerprint density at radius 3 is 2.18 bits per heavy atom. The third-order valence-corrected chi connectivity index (χ3v) is 5.55. The first-order valence-corrected chi connectivity index (χ1v) is 9.57. The summed E-state index contributed by atoms with van der Waals surface area (Å²) >= 11 is 0. The Morgan fingerprint density at radius 1 is 1.04 bits per heavy atom. The largest absolute Gasteiger partial charge is 0.493 e. The summed E-state index contributed by atoms with van der Waals surface area (Å²) in [5.41, 5.74) is 0.609. The van der Waals surface area contributed by atoms with Gasteiger partial charge in [-0.25, -0.2) is 9.69 Å². The van der Waals surface area contributed by atoms with Crippen molar-refractivity contribution in [1.29, 1.82) is 0 Å². The predicted molar refractivity (Wildman–Crippen MR) is 103 cm³/mol. The number of nitrogens with zero attached hydrogens (tertiary/aromatic N) is 1. The van der Waals surface area contributed by atoms with Crippen molar-refractivity contribution in [1.82, 2.24) is 4.90 Å². The average molecular weight is 389 g/mol. The lowest BCUT2D eigenvalue weighted by Gasteiger charge is -2.31. The maximum atomic E-state index is 12.9. The molecule has 2 aliphatic rings. The highest BCUT2D eigenvalue weighted by Crippen LogP contribution is 2.39. The number of benzene rings is 1. The van der Waals surface area contributed by atoms with Crippen LogP contribution in [-0.2, 0) is 9.53 Å². The fourth-order valence-corrected chi connectivity index (χ4v) is 3.99. The molecule has 0 N–H and O–H groups in total. The maximum absolute atomic E-state index is 12.9. The number of hydrogen-bond donors (Lipinski definition) is 0. The van der Waals surface area contributed by atoms with Crippen molar-refractivity contribution in [2.45, 2.75) is 45.1 Å². The predicted octanol–water partition coefficient (Wildman–Crippen LogP) is 4.00. The molecule has 2 fully saturated rings. The number of hydrogen-bond acceptors (Lipinski definition) is 6. The van der Waals surface area contributed by atoms with Crippen LogP contribution in [0.2, 0.25) is 0 Å². The van der Waals surface area contributed by atoms with Crippen LogP contribution in [-0.4, -0.2) is 44.3 Å². The van der Waals surface area contributed by atoms with Crippen molar-refractivity contribution in [3.63, 3.8) is 0 Å². The van der Waals surface area contributed by atoms with E-state index in [0.29, 0.717) is 28.7 Å². The Balaban J connectivity index is 1.87. The third kappa shape index (κ3) is 3.79. The van der Waals surface area contributed by atoms with E-state index in [-0.39, 0.29) is 11.8 Å². The number of imide groups is 1. The van der Waals surface area contributed by atoms with Gasteiger partial charge in [0, 0.05) is 6.04 Å². The molecule has 0 bridgehead atoms. The van der Waals surface area contributed by atoms with Crippen LogP contribution in [0, 0.1) is 5.92 Å². The van der Waals surface area contributed by atoms with Crippen LogP contribution in [0.5, 0.6) is 17.2 Å². The van der Waals surface area contributed by atoms with E-state index in [0.717, 1.165) is 25.7 Å². The maximum Gasteiger partial charge on any atom is 0.422 e. The van der Waals surface area contributed by atoms with Gasteiger partial charge in [-0.05, 0) is 49.5 Å². The molecule has 152 valence electrons. The average Bonchev–Trinajstić information content (AvgIpc) is 3.00. The second-order valence-electron chi connectivity index (χ2n) is 7.15. The van der Waals surface area contributed by atoms with Crippen molar-refractivity contribution >= 4 is 18.1 Å². The van der Waals surface area contributed by atoms with Gasteiger partial charge in [-0.1, -0.05) is 19.3 Å². The zero-order chi connectivity index (χ0) is 20.3. The Labute approximate surface area is 165 Å². The molecular weight excluding hydrogens is 362 g/mol. The SMILES string of the molecule is COc1cc(/C=C2/OC(=O)N(C(C)C3CCCCC3)C2=O)cc(OC)c1OC. The molecule has 0 aromatic heterocycles. The number of carbonyl (C=O) groups is 2. The molecule has 1 saturated heterocycles. The van der Waals surface area contributed by atoms with Gasteiger partial charge in [-0.3, -0.25) is 4.79 Å². The molecule has 3 rings (SSSR count). The van der Waals surface area contributed by atoms with Crippen molar-refractivity contribution in [3.05, 3.63) is 23.5 Å². The first kappa shape index (κ1) is 20.0.